The van der Waals surface area contributed by atoms with Gasteiger partial charge in [0.05, 0.1) is 11.1 Å². The molecular formula is C14H19N3S2. The van der Waals surface area contributed by atoms with E-state index < -0.39 is 0 Å². The third-order valence-corrected chi connectivity index (χ3v) is 5.71. The molecule has 0 unspecified atom stereocenters. The Morgan fingerprint density at radius 2 is 2.05 bits per heavy atom. The zero-order valence-electron chi connectivity index (χ0n) is 11.4. The van der Waals surface area contributed by atoms with E-state index in [4.69, 9.17) is 10.7 Å². The predicted octanol–water partition coefficient (Wildman–Crippen LogP) is 3.79. The smallest absolute Gasteiger partial charge is 0.142 e. The Kier molecular flexibility index (Phi) is 3.67. The van der Waals surface area contributed by atoms with Gasteiger partial charge in [-0.05, 0) is 36.5 Å². The molecular weight excluding hydrogens is 274 g/mol. The Morgan fingerprint density at radius 1 is 1.26 bits per heavy atom. The highest BCUT2D eigenvalue weighted by molar-refractivity contribution is 7.99. The van der Waals surface area contributed by atoms with Gasteiger partial charge in [0.1, 0.15) is 16.5 Å². The molecule has 0 amide bonds. The van der Waals surface area contributed by atoms with Crippen molar-refractivity contribution in [3.8, 4) is 0 Å². The number of nitrogens with two attached hydrogens (primary N) is 1. The third kappa shape index (κ3) is 2.58. The number of hydrogen-bond donors (Lipinski definition) is 1. The Hall–Kier alpha value is -0.810. The number of fused-ring (bicyclic) bond motifs is 3. The van der Waals surface area contributed by atoms with Crippen molar-refractivity contribution in [2.45, 2.75) is 50.5 Å². The summed E-state index contributed by atoms with van der Waals surface area (Å²) in [7, 11) is 0. The minimum Gasteiger partial charge on any atom is -0.383 e. The van der Waals surface area contributed by atoms with Crippen LogP contribution < -0.4 is 5.73 Å². The molecule has 1 aliphatic carbocycles. The van der Waals surface area contributed by atoms with Gasteiger partial charge in [-0.3, -0.25) is 0 Å². The van der Waals surface area contributed by atoms with Crippen LogP contribution in [0.15, 0.2) is 0 Å². The van der Waals surface area contributed by atoms with E-state index in [1.165, 1.54) is 29.7 Å². The number of aryl methyl sites for hydroxylation is 2. The molecule has 0 fully saturated rings. The molecule has 2 aromatic heterocycles. The molecule has 0 radical (unpaired) electrons. The Labute approximate surface area is 122 Å². The monoisotopic (exact) mass is 293 g/mol. The minimum absolute atomic E-state index is 0.595. The first-order chi connectivity index (χ1) is 9.15. The Morgan fingerprint density at radius 3 is 2.84 bits per heavy atom. The lowest BCUT2D eigenvalue weighted by Gasteiger charge is -2.10. The van der Waals surface area contributed by atoms with E-state index in [0.29, 0.717) is 11.1 Å². The molecule has 102 valence electrons. The molecule has 0 saturated heterocycles. The summed E-state index contributed by atoms with van der Waals surface area (Å²) in [5.41, 5.74) is 7.60. The van der Waals surface area contributed by atoms with Crippen LogP contribution in [0.5, 0.6) is 0 Å². The van der Waals surface area contributed by atoms with Crippen molar-refractivity contribution >= 4 is 39.1 Å². The van der Waals surface area contributed by atoms with Gasteiger partial charge in [0.25, 0.3) is 0 Å². The van der Waals surface area contributed by atoms with Crippen LogP contribution in [0.3, 0.4) is 0 Å². The first-order valence-electron chi connectivity index (χ1n) is 6.83. The fourth-order valence-corrected chi connectivity index (χ4v) is 4.44. The van der Waals surface area contributed by atoms with Crippen LogP contribution in [-0.4, -0.2) is 15.2 Å². The van der Waals surface area contributed by atoms with Crippen molar-refractivity contribution in [1.82, 2.24) is 9.97 Å². The van der Waals surface area contributed by atoms with Gasteiger partial charge in [-0.25, -0.2) is 9.97 Å². The maximum Gasteiger partial charge on any atom is 0.142 e. The lowest BCUT2D eigenvalue weighted by atomic mass is 9.97. The van der Waals surface area contributed by atoms with Gasteiger partial charge >= 0.3 is 0 Å². The van der Waals surface area contributed by atoms with Gasteiger partial charge in [0, 0.05) is 4.88 Å². The molecule has 2 heterocycles. The quantitative estimate of drug-likeness (QED) is 0.935. The second-order valence-corrected chi connectivity index (χ2v) is 7.92. The highest BCUT2D eigenvalue weighted by Gasteiger charge is 2.19. The zero-order chi connectivity index (χ0) is 13.4. The van der Waals surface area contributed by atoms with Crippen molar-refractivity contribution < 1.29 is 0 Å². The molecule has 2 aromatic rings. The van der Waals surface area contributed by atoms with E-state index in [9.17, 15) is 0 Å². The molecule has 5 heteroatoms. The van der Waals surface area contributed by atoms with Gasteiger partial charge in [-0.1, -0.05) is 13.8 Å². The topological polar surface area (TPSA) is 51.8 Å². The molecule has 3 rings (SSSR count). The molecule has 2 N–H and O–H groups in total. The molecule has 0 atom stereocenters. The summed E-state index contributed by atoms with van der Waals surface area (Å²) in [5, 5.41) is 1.73. The van der Waals surface area contributed by atoms with E-state index in [1.807, 2.05) is 23.1 Å². The lowest BCUT2D eigenvalue weighted by molar-refractivity contribution is 0.700. The normalized spacial score (nSPS) is 15.1. The fraction of sp³-hybridized carbons (Fsp3) is 0.571. The van der Waals surface area contributed by atoms with Crippen LogP contribution in [0.2, 0.25) is 0 Å². The summed E-state index contributed by atoms with van der Waals surface area (Å²) in [6, 6.07) is 0. The highest BCUT2D eigenvalue weighted by atomic mass is 32.2. The molecule has 0 saturated carbocycles. The van der Waals surface area contributed by atoms with Gasteiger partial charge in [0.15, 0.2) is 0 Å². The van der Waals surface area contributed by atoms with Crippen molar-refractivity contribution in [3.63, 3.8) is 0 Å². The summed E-state index contributed by atoms with van der Waals surface area (Å²) in [6.07, 6.45) is 4.89. The molecule has 0 bridgehead atoms. The van der Waals surface area contributed by atoms with Crippen LogP contribution in [-0.2, 0) is 18.6 Å². The molecule has 0 aromatic carbocycles. The van der Waals surface area contributed by atoms with Gasteiger partial charge < -0.3 is 5.73 Å². The Balaban J connectivity index is 2.01. The zero-order valence-corrected chi connectivity index (χ0v) is 13.0. The lowest BCUT2D eigenvalue weighted by Crippen LogP contribution is -2.03. The number of hydrogen-bond acceptors (Lipinski definition) is 5. The summed E-state index contributed by atoms with van der Waals surface area (Å²) in [5.74, 6) is 2.41. The van der Waals surface area contributed by atoms with Gasteiger partial charge in [-0.15, -0.1) is 11.3 Å². The number of anilines is 1. The van der Waals surface area contributed by atoms with Crippen molar-refractivity contribution in [3.05, 3.63) is 16.3 Å². The predicted molar refractivity (Wildman–Crippen MR) is 84.9 cm³/mol. The molecule has 0 spiro atoms. The highest BCUT2D eigenvalue weighted by Crippen LogP contribution is 2.37. The standard InChI is InChI=1S/C14H19N3S2/c1-8(2)18-7-11-16-13(15)12-9-5-3-4-6-10(9)19-14(12)17-11/h8H,3-7H2,1-2H3,(H2,15,16,17). The number of nitrogen functional groups attached to an aromatic ring is 1. The van der Waals surface area contributed by atoms with Gasteiger partial charge in [0.2, 0.25) is 0 Å². The van der Waals surface area contributed by atoms with E-state index in [1.54, 1.807) is 0 Å². The third-order valence-electron chi connectivity index (χ3n) is 3.43. The Bertz CT molecular complexity index is 604. The molecule has 19 heavy (non-hydrogen) atoms. The van der Waals surface area contributed by atoms with Gasteiger partial charge in [-0.2, -0.15) is 11.8 Å². The summed E-state index contributed by atoms with van der Waals surface area (Å²) >= 11 is 3.68. The number of thioether (sulfide) groups is 1. The number of aromatic nitrogens is 2. The summed E-state index contributed by atoms with van der Waals surface area (Å²) < 4.78 is 0. The molecule has 0 aliphatic heterocycles. The maximum atomic E-state index is 6.18. The summed E-state index contributed by atoms with van der Waals surface area (Å²) in [4.78, 5) is 11.8. The van der Waals surface area contributed by atoms with Crippen LogP contribution in [0, 0.1) is 0 Å². The fourth-order valence-electron chi connectivity index (χ4n) is 2.54. The maximum absolute atomic E-state index is 6.18. The number of nitrogens with zero attached hydrogens (tertiary/aromatic N) is 2. The van der Waals surface area contributed by atoms with E-state index in [-0.39, 0.29) is 0 Å². The minimum atomic E-state index is 0.595. The number of thiophene rings is 1. The largest absolute Gasteiger partial charge is 0.383 e. The second-order valence-electron chi connectivity index (χ2n) is 5.28. The van der Waals surface area contributed by atoms with Crippen LogP contribution >= 0.6 is 23.1 Å². The molecule has 1 aliphatic rings. The van der Waals surface area contributed by atoms with Crippen molar-refractivity contribution in [2.24, 2.45) is 0 Å². The van der Waals surface area contributed by atoms with Crippen molar-refractivity contribution in [1.29, 1.82) is 0 Å². The van der Waals surface area contributed by atoms with Crippen LogP contribution in [0.1, 0.15) is 43.0 Å². The first kappa shape index (κ1) is 13.2. The second kappa shape index (κ2) is 5.29. The summed E-state index contributed by atoms with van der Waals surface area (Å²) in [6.45, 7) is 4.38. The van der Waals surface area contributed by atoms with Crippen molar-refractivity contribution in [2.75, 3.05) is 5.73 Å². The average molecular weight is 293 g/mol. The van der Waals surface area contributed by atoms with E-state index in [2.05, 4.69) is 18.8 Å². The van der Waals surface area contributed by atoms with Crippen LogP contribution in [0.25, 0.3) is 10.2 Å². The number of rotatable bonds is 3. The SMILES string of the molecule is CC(C)SCc1nc(N)c2c3c(sc2n1)CCCC3. The molecule has 3 nitrogen and oxygen atoms in total. The van der Waals surface area contributed by atoms with Crippen LogP contribution in [0.4, 0.5) is 5.82 Å². The first-order valence-corrected chi connectivity index (χ1v) is 8.70. The van der Waals surface area contributed by atoms with E-state index in [0.717, 1.165) is 28.2 Å². The van der Waals surface area contributed by atoms with E-state index >= 15 is 0 Å². The average Bonchev–Trinajstić information content (AvgIpc) is 2.74.